The number of urea groups is 1. The number of esters is 1. The highest BCUT2D eigenvalue weighted by Crippen LogP contribution is 2.12. The van der Waals surface area contributed by atoms with Crippen LogP contribution in [-0.4, -0.2) is 25.2 Å². The van der Waals surface area contributed by atoms with Gasteiger partial charge in [-0.15, -0.1) is 0 Å². The number of nitroso groups, excluding NO2 is 1. The van der Waals surface area contributed by atoms with Gasteiger partial charge in [0.05, 0.1) is 7.11 Å². The van der Waals surface area contributed by atoms with E-state index < -0.39 is 18.0 Å². The van der Waals surface area contributed by atoms with Crippen LogP contribution in [0.5, 0.6) is 0 Å². The van der Waals surface area contributed by atoms with Crippen molar-refractivity contribution in [3.8, 4) is 0 Å². The number of amides is 2. The van der Waals surface area contributed by atoms with Crippen LogP contribution in [-0.2, 0) is 16.1 Å². The lowest BCUT2D eigenvalue weighted by atomic mass is 9.99. The second kappa shape index (κ2) is 8.76. The van der Waals surface area contributed by atoms with E-state index in [2.05, 4.69) is 15.8 Å². The summed E-state index contributed by atoms with van der Waals surface area (Å²) in [5, 5.41) is 8.04. The predicted molar refractivity (Wildman–Crippen MR) is 83.4 cm³/mol. The summed E-state index contributed by atoms with van der Waals surface area (Å²) < 4.78 is 4.71. The van der Waals surface area contributed by atoms with E-state index in [0.29, 0.717) is 5.69 Å². The third-order valence-electron chi connectivity index (χ3n) is 3.41. The Bertz CT molecular complexity index is 516. The zero-order valence-corrected chi connectivity index (χ0v) is 13.0. The van der Waals surface area contributed by atoms with Gasteiger partial charge in [0, 0.05) is 5.69 Å². The minimum absolute atomic E-state index is 0.0424. The Hall–Kier alpha value is -2.44. The molecule has 0 fully saturated rings. The molecule has 0 bridgehead atoms. The third-order valence-corrected chi connectivity index (χ3v) is 3.41. The van der Waals surface area contributed by atoms with Gasteiger partial charge in [-0.05, 0) is 23.6 Å². The number of nitrogens with one attached hydrogen (secondary N) is 2. The molecule has 0 saturated carbocycles. The van der Waals surface area contributed by atoms with E-state index in [4.69, 9.17) is 4.74 Å². The number of benzene rings is 1. The fourth-order valence-electron chi connectivity index (χ4n) is 1.87. The number of carbonyl (C=O) groups is 2. The molecule has 2 unspecified atom stereocenters. The monoisotopic (exact) mass is 307 g/mol. The number of rotatable bonds is 7. The van der Waals surface area contributed by atoms with Crippen LogP contribution in [0.15, 0.2) is 29.4 Å². The minimum atomic E-state index is -0.700. The normalized spacial score (nSPS) is 12.9. The fraction of sp³-hybridized carbons (Fsp3) is 0.467. The van der Waals surface area contributed by atoms with Crippen molar-refractivity contribution in [1.29, 1.82) is 0 Å². The molecule has 1 rings (SSSR count). The van der Waals surface area contributed by atoms with Crippen LogP contribution in [0.3, 0.4) is 0 Å². The maximum atomic E-state index is 12.0. The largest absolute Gasteiger partial charge is 0.467 e. The molecule has 2 atom stereocenters. The van der Waals surface area contributed by atoms with Crippen LogP contribution in [0.4, 0.5) is 10.5 Å². The molecule has 0 spiro atoms. The van der Waals surface area contributed by atoms with Crippen molar-refractivity contribution < 1.29 is 14.3 Å². The highest BCUT2D eigenvalue weighted by atomic mass is 16.5. The minimum Gasteiger partial charge on any atom is -0.467 e. The van der Waals surface area contributed by atoms with Crippen molar-refractivity contribution in [1.82, 2.24) is 5.32 Å². The van der Waals surface area contributed by atoms with E-state index in [1.165, 1.54) is 7.11 Å². The number of nitrogens with zero attached hydrogens (tertiary/aromatic N) is 1. The van der Waals surface area contributed by atoms with Crippen LogP contribution < -0.4 is 10.6 Å². The standard InChI is InChI=1S/C15H21N3O4/c1-4-10(2)13(14(19)22-3)18-15(20)17-12-7-5-11(6-8-12)9-16-21/h5-8,10,13H,4,9H2,1-3H3,(H2,17,18,20). The highest BCUT2D eigenvalue weighted by molar-refractivity contribution is 5.92. The van der Waals surface area contributed by atoms with E-state index in [1.54, 1.807) is 24.3 Å². The Morgan fingerprint density at radius 1 is 1.27 bits per heavy atom. The summed E-state index contributed by atoms with van der Waals surface area (Å²) >= 11 is 0. The van der Waals surface area contributed by atoms with Gasteiger partial charge >= 0.3 is 12.0 Å². The summed E-state index contributed by atoms with van der Waals surface area (Å²) in [4.78, 5) is 33.9. The van der Waals surface area contributed by atoms with Gasteiger partial charge in [-0.3, -0.25) is 0 Å². The van der Waals surface area contributed by atoms with Gasteiger partial charge in [-0.2, -0.15) is 4.91 Å². The molecule has 0 aliphatic heterocycles. The summed E-state index contributed by atoms with van der Waals surface area (Å²) in [6, 6.07) is 5.53. The molecule has 2 amide bonds. The first-order chi connectivity index (χ1) is 10.5. The lowest BCUT2D eigenvalue weighted by Crippen LogP contribution is -2.47. The van der Waals surface area contributed by atoms with Crippen molar-refractivity contribution >= 4 is 17.7 Å². The molecule has 0 saturated heterocycles. The predicted octanol–water partition coefficient (Wildman–Crippen LogP) is 2.66. The Labute approximate surface area is 129 Å². The number of methoxy groups -OCH3 is 1. The van der Waals surface area contributed by atoms with E-state index in [-0.39, 0.29) is 12.5 Å². The molecule has 120 valence electrons. The average Bonchev–Trinajstić information content (AvgIpc) is 2.53. The van der Waals surface area contributed by atoms with E-state index in [1.807, 2.05) is 13.8 Å². The molecule has 2 N–H and O–H groups in total. The van der Waals surface area contributed by atoms with Crippen LogP contribution in [0.1, 0.15) is 25.8 Å². The zero-order valence-electron chi connectivity index (χ0n) is 13.0. The first kappa shape index (κ1) is 17.6. The SMILES string of the molecule is CCC(C)C(NC(=O)Nc1ccc(CN=O)cc1)C(=O)OC. The lowest BCUT2D eigenvalue weighted by molar-refractivity contribution is -0.144. The maximum Gasteiger partial charge on any atom is 0.328 e. The summed E-state index contributed by atoms with van der Waals surface area (Å²) in [7, 11) is 1.29. The number of ether oxygens (including phenoxy) is 1. The molecule has 7 heteroatoms. The van der Waals surface area contributed by atoms with Gasteiger partial charge in [-0.1, -0.05) is 37.6 Å². The molecule has 1 aromatic rings. The van der Waals surface area contributed by atoms with Crippen LogP contribution in [0, 0.1) is 10.8 Å². The second-order valence-corrected chi connectivity index (χ2v) is 4.97. The van der Waals surface area contributed by atoms with Crippen LogP contribution >= 0.6 is 0 Å². The van der Waals surface area contributed by atoms with Gasteiger partial charge in [0.1, 0.15) is 12.6 Å². The number of hydrogen-bond acceptors (Lipinski definition) is 5. The fourth-order valence-corrected chi connectivity index (χ4v) is 1.87. The summed E-state index contributed by atoms with van der Waals surface area (Å²) in [6.45, 7) is 3.88. The Kier molecular flexibility index (Phi) is 7.01. The van der Waals surface area contributed by atoms with Crippen molar-refractivity contribution in [2.24, 2.45) is 11.1 Å². The topological polar surface area (TPSA) is 96.9 Å². The molecule has 0 aliphatic rings. The van der Waals surface area contributed by atoms with E-state index >= 15 is 0 Å². The lowest BCUT2D eigenvalue weighted by Gasteiger charge is -2.22. The van der Waals surface area contributed by atoms with Crippen molar-refractivity contribution in [2.45, 2.75) is 32.9 Å². The van der Waals surface area contributed by atoms with Gasteiger partial charge in [-0.25, -0.2) is 9.59 Å². The molecule has 1 aromatic carbocycles. The summed E-state index contributed by atoms with van der Waals surface area (Å²) in [5.41, 5.74) is 1.31. The Morgan fingerprint density at radius 2 is 1.91 bits per heavy atom. The van der Waals surface area contributed by atoms with Gasteiger partial charge in [0.25, 0.3) is 0 Å². The Balaban J connectivity index is 2.66. The number of hydrogen-bond donors (Lipinski definition) is 2. The molecule has 0 aliphatic carbocycles. The Morgan fingerprint density at radius 3 is 2.41 bits per heavy atom. The molecule has 22 heavy (non-hydrogen) atoms. The van der Waals surface area contributed by atoms with Crippen molar-refractivity contribution in [3.63, 3.8) is 0 Å². The quantitative estimate of drug-likeness (QED) is 0.598. The van der Waals surface area contributed by atoms with Crippen LogP contribution in [0.25, 0.3) is 0 Å². The van der Waals surface area contributed by atoms with E-state index in [0.717, 1.165) is 12.0 Å². The molecule has 0 radical (unpaired) electrons. The van der Waals surface area contributed by atoms with E-state index in [9.17, 15) is 14.5 Å². The second-order valence-electron chi connectivity index (χ2n) is 4.97. The van der Waals surface area contributed by atoms with Crippen LogP contribution in [0.2, 0.25) is 0 Å². The average molecular weight is 307 g/mol. The summed E-state index contributed by atoms with van der Waals surface area (Å²) in [5.74, 6) is -0.517. The van der Waals surface area contributed by atoms with Gasteiger partial charge in [0.2, 0.25) is 0 Å². The first-order valence-corrected chi connectivity index (χ1v) is 7.05. The molecule has 0 heterocycles. The first-order valence-electron chi connectivity index (χ1n) is 7.05. The molecular weight excluding hydrogens is 286 g/mol. The number of anilines is 1. The highest BCUT2D eigenvalue weighted by Gasteiger charge is 2.26. The third kappa shape index (κ3) is 5.16. The summed E-state index contributed by atoms with van der Waals surface area (Å²) in [6.07, 6.45) is 0.730. The van der Waals surface area contributed by atoms with Gasteiger partial charge < -0.3 is 15.4 Å². The zero-order chi connectivity index (χ0) is 16.5. The van der Waals surface area contributed by atoms with Crippen molar-refractivity contribution in [2.75, 3.05) is 12.4 Å². The molecule has 7 nitrogen and oxygen atoms in total. The smallest absolute Gasteiger partial charge is 0.328 e. The van der Waals surface area contributed by atoms with Gasteiger partial charge in [0.15, 0.2) is 0 Å². The maximum absolute atomic E-state index is 12.0. The molecule has 0 aromatic heterocycles. The number of carbonyl (C=O) groups excluding carboxylic acids is 2. The molecular formula is C15H21N3O4. The van der Waals surface area contributed by atoms with Crippen molar-refractivity contribution in [3.05, 3.63) is 34.7 Å².